The predicted octanol–water partition coefficient (Wildman–Crippen LogP) is 2.77. The van der Waals surface area contributed by atoms with Gasteiger partial charge in [0.05, 0.1) is 38.9 Å². The molecule has 0 unspecified atom stereocenters. The molecule has 1 aliphatic heterocycles. The molecule has 0 atom stereocenters. The maximum absolute atomic E-state index is 13.6. The fraction of sp³-hybridized carbons (Fsp3) is 0.261. The number of nitrogens with zero attached hydrogens (tertiary/aromatic N) is 1. The first kappa shape index (κ1) is 20.1. The molecule has 0 bridgehead atoms. The molecule has 156 valence electrons. The minimum absolute atomic E-state index is 0.161. The van der Waals surface area contributed by atoms with Crippen LogP contribution in [0.5, 0.6) is 5.75 Å². The van der Waals surface area contributed by atoms with Gasteiger partial charge in [-0.1, -0.05) is 0 Å². The van der Waals surface area contributed by atoms with Crippen LogP contribution in [0.2, 0.25) is 0 Å². The van der Waals surface area contributed by atoms with Gasteiger partial charge in [0, 0.05) is 5.56 Å². The van der Waals surface area contributed by atoms with Gasteiger partial charge in [-0.25, -0.2) is 8.78 Å². The number of furan rings is 1. The Hall–Kier alpha value is -3.19. The number of carbonyl (C=O) groups is 1. The zero-order chi connectivity index (χ0) is 21.1. The topological polar surface area (TPSA) is 47.1 Å². The van der Waals surface area contributed by atoms with Gasteiger partial charge in [-0.15, -0.1) is 0 Å². The minimum Gasteiger partial charge on any atom is -0.496 e. The molecule has 0 spiro atoms. The molecule has 3 aromatic rings. The number of nitrogens with one attached hydrogen (secondary N) is 1. The second-order valence-corrected chi connectivity index (χ2v) is 7.35. The lowest BCUT2D eigenvalue weighted by atomic mass is 10.1. The van der Waals surface area contributed by atoms with Crippen molar-refractivity contribution in [1.29, 1.82) is 0 Å². The molecule has 1 aromatic heterocycles. The SMILES string of the molecule is COc1ccc(F)cc1C[NH+]1CCN(C(=O)c2ccc(-c3ccc(F)cc3)o2)CC1. The number of carbonyl (C=O) groups excluding carboxylic acids is 1. The van der Waals surface area contributed by atoms with Crippen molar-refractivity contribution < 1.29 is 27.6 Å². The minimum atomic E-state index is -0.321. The number of halogens is 2. The summed E-state index contributed by atoms with van der Waals surface area (Å²) in [6.07, 6.45) is 0. The molecule has 30 heavy (non-hydrogen) atoms. The van der Waals surface area contributed by atoms with Crippen molar-refractivity contribution in [2.75, 3.05) is 33.3 Å². The zero-order valence-corrected chi connectivity index (χ0v) is 16.7. The van der Waals surface area contributed by atoms with Crippen molar-refractivity contribution in [1.82, 2.24) is 4.90 Å². The van der Waals surface area contributed by atoms with Gasteiger partial charge in [0.15, 0.2) is 5.76 Å². The summed E-state index contributed by atoms with van der Waals surface area (Å²) in [6.45, 7) is 3.29. The van der Waals surface area contributed by atoms with Crippen LogP contribution >= 0.6 is 0 Å². The van der Waals surface area contributed by atoms with Crippen LogP contribution < -0.4 is 9.64 Å². The van der Waals surface area contributed by atoms with Crippen molar-refractivity contribution in [2.45, 2.75) is 6.54 Å². The summed E-state index contributed by atoms with van der Waals surface area (Å²) >= 11 is 0. The average Bonchev–Trinajstić information content (AvgIpc) is 3.25. The summed E-state index contributed by atoms with van der Waals surface area (Å²) in [4.78, 5) is 15.8. The van der Waals surface area contributed by atoms with Crippen LogP contribution in [-0.2, 0) is 6.54 Å². The first-order valence-electron chi connectivity index (χ1n) is 9.84. The normalized spacial score (nSPS) is 14.7. The smallest absolute Gasteiger partial charge is 0.289 e. The molecule has 1 fully saturated rings. The highest BCUT2D eigenvalue weighted by Gasteiger charge is 2.27. The number of hydrogen-bond acceptors (Lipinski definition) is 3. The van der Waals surface area contributed by atoms with Crippen LogP contribution in [0.4, 0.5) is 8.78 Å². The van der Waals surface area contributed by atoms with E-state index in [0.29, 0.717) is 36.7 Å². The quantitative estimate of drug-likeness (QED) is 0.700. The predicted molar refractivity (Wildman–Crippen MR) is 107 cm³/mol. The third kappa shape index (κ3) is 4.36. The molecule has 0 aliphatic carbocycles. The van der Waals surface area contributed by atoms with Crippen molar-refractivity contribution in [3.63, 3.8) is 0 Å². The first-order valence-corrected chi connectivity index (χ1v) is 9.84. The van der Waals surface area contributed by atoms with E-state index in [-0.39, 0.29) is 23.3 Å². The Bertz CT molecular complexity index is 1030. The molecule has 5 nitrogen and oxygen atoms in total. The highest BCUT2D eigenvalue weighted by Crippen LogP contribution is 2.23. The van der Waals surface area contributed by atoms with E-state index in [4.69, 9.17) is 9.15 Å². The molecule has 4 rings (SSSR count). The molecule has 7 heteroatoms. The van der Waals surface area contributed by atoms with Crippen LogP contribution in [0.1, 0.15) is 16.1 Å². The Labute approximate surface area is 173 Å². The largest absolute Gasteiger partial charge is 0.496 e. The van der Waals surface area contributed by atoms with Crippen LogP contribution in [0.3, 0.4) is 0 Å². The molecule has 0 saturated carbocycles. The summed E-state index contributed by atoms with van der Waals surface area (Å²) in [5, 5.41) is 0. The molecular weight excluding hydrogens is 390 g/mol. The third-order valence-electron chi connectivity index (χ3n) is 5.39. The lowest BCUT2D eigenvalue weighted by Crippen LogP contribution is -3.13. The molecule has 2 aromatic carbocycles. The number of ether oxygens (including phenoxy) is 1. The molecule has 1 amide bonds. The molecule has 1 aliphatic rings. The van der Waals surface area contributed by atoms with E-state index in [9.17, 15) is 13.6 Å². The van der Waals surface area contributed by atoms with Crippen LogP contribution in [0.15, 0.2) is 59.0 Å². The number of benzene rings is 2. The van der Waals surface area contributed by atoms with Gasteiger partial charge < -0.3 is 19.0 Å². The van der Waals surface area contributed by atoms with Gasteiger partial charge in [0.1, 0.15) is 29.7 Å². The fourth-order valence-corrected chi connectivity index (χ4v) is 3.74. The summed E-state index contributed by atoms with van der Waals surface area (Å²) in [5.41, 5.74) is 1.54. The summed E-state index contributed by atoms with van der Waals surface area (Å²) < 4.78 is 37.7. The lowest BCUT2D eigenvalue weighted by molar-refractivity contribution is -0.917. The summed E-state index contributed by atoms with van der Waals surface area (Å²) in [7, 11) is 1.58. The van der Waals surface area contributed by atoms with Crippen molar-refractivity contribution in [3.05, 3.63) is 77.6 Å². The van der Waals surface area contributed by atoms with Crippen molar-refractivity contribution >= 4 is 5.91 Å². The molecule has 0 radical (unpaired) electrons. The van der Waals surface area contributed by atoms with Gasteiger partial charge in [0.2, 0.25) is 0 Å². The standard InChI is InChI=1S/C23H22F2N2O3/c1-29-20-7-6-19(25)14-17(20)15-26-10-12-27(13-11-26)23(28)22-9-8-21(30-22)16-2-4-18(24)5-3-16/h2-9,14H,10-13,15H2,1H3/p+1. The molecule has 1 N–H and O–H groups in total. The van der Waals surface area contributed by atoms with E-state index >= 15 is 0 Å². The van der Waals surface area contributed by atoms with Crippen molar-refractivity contribution in [3.8, 4) is 17.1 Å². The summed E-state index contributed by atoms with van der Waals surface area (Å²) in [5.74, 6) is 0.703. The Morgan fingerprint density at radius 3 is 2.43 bits per heavy atom. The monoisotopic (exact) mass is 413 g/mol. The Kier molecular flexibility index (Phi) is 5.81. The van der Waals surface area contributed by atoms with Crippen LogP contribution in [0.25, 0.3) is 11.3 Å². The van der Waals surface area contributed by atoms with E-state index < -0.39 is 0 Å². The zero-order valence-electron chi connectivity index (χ0n) is 16.7. The third-order valence-corrected chi connectivity index (χ3v) is 5.39. The molecule has 2 heterocycles. The Balaban J connectivity index is 1.37. The Morgan fingerprint density at radius 1 is 1.03 bits per heavy atom. The highest BCUT2D eigenvalue weighted by molar-refractivity contribution is 5.92. The first-order chi connectivity index (χ1) is 14.5. The number of methoxy groups -OCH3 is 1. The number of piperazine rings is 1. The number of quaternary nitrogens is 1. The fourth-order valence-electron chi connectivity index (χ4n) is 3.74. The van der Waals surface area contributed by atoms with Gasteiger partial charge in [-0.3, -0.25) is 4.79 Å². The van der Waals surface area contributed by atoms with E-state index in [1.165, 1.54) is 29.2 Å². The van der Waals surface area contributed by atoms with Crippen molar-refractivity contribution in [2.24, 2.45) is 0 Å². The van der Waals surface area contributed by atoms with E-state index in [1.807, 2.05) is 0 Å². The number of amides is 1. The second-order valence-electron chi connectivity index (χ2n) is 7.35. The molecular formula is C23H23F2N2O3+. The Morgan fingerprint density at radius 2 is 1.73 bits per heavy atom. The highest BCUT2D eigenvalue weighted by atomic mass is 19.1. The molecule has 1 saturated heterocycles. The number of hydrogen-bond donors (Lipinski definition) is 1. The van der Waals surface area contributed by atoms with Gasteiger partial charge in [0.25, 0.3) is 5.91 Å². The maximum Gasteiger partial charge on any atom is 0.289 e. The van der Waals surface area contributed by atoms with Gasteiger partial charge in [-0.2, -0.15) is 0 Å². The lowest BCUT2D eigenvalue weighted by Gasteiger charge is -2.32. The number of rotatable bonds is 5. The van der Waals surface area contributed by atoms with Crippen LogP contribution in [-0.4, -0.2) is 44.1 Å². The van der Waals surface area contributed by atoms with Crippen LogP contribution in [0, 0.1) is 11.6 Å². The van der Waals surface area contributed by atoms with Gasteiger partial charge >= 0.3 is 0 Å². The summed E-state index contributed by atoms with van der Waals surface area (Å²) in [6, 6.07) is 13.8. The van der Waals surface area contributed by atoms with E-state index in [2.05, 4.69) is 0 Å². The second kappa shape index (κ2) is 8.67. The van der Waals surface area contributed by atoms with E-state index in [1.54, 1.807) is 42.3 Å². The van der Waals surface area contributed by atoms with E-state index in [0.717, 1.165) is 18.7 Å². The maximum atomic E-state index is 13.6. The average molecular weight is 413 g/mol. The van der Waals surface area contributed by atoms with Gasteiger partial charge in [-0.05, 0) is 54.6 Å².